The van der Waals surface area contributed by atoms with Crippen LogP contribution in [-0.2, 0) is 26.0 Å². The van der Waals surface area contributed by atoms with Gasteiger partial charge in [0.25, 0.3) is 0 Å². The van der Waals surface area contributed by atoms with Gasteiger partial charge in [0, 0.05) is 37.5 Å². The number of benzene rings is 3. The lowest BCUT2D eigenvalue weighted by Gasteiger charge is -2.10. The van der Waals surface area contributed by atoms with Gasteiger partial charge in [-0.1, -0.05) is 73.3 Å². The Bertz CT molecular complexity index is 1370. The molecule has 0 saturated carbocycles. The van der Waals surface area contributed by atoms with Crippen LogP contribution in [0.5, 0.6) is 11.5 Å². The van der Waals surface area contributed by atoms with Gasteiger partial charge in [0.15, 0.2) is 18.9 Å². The van der Waals surface area contributed by atoms with Crippen molar-refractivity contribution in [3.05, 3.63) is 144 Å². The first-order valence-electron chi connectivity index (χ1n) is 15.0. The van der Waals surface area contributed by atoms with Crippen molar-refractivity contribution >= 4 is 5.69 Å². The molecule has 0 unspecified atom stereocenters. The fourth-order valence-corrected chi connectivity index (χ4v) is 4.69. The molecule has 3 aromatic carbocycles. The number of allylic oxidation sites excluding steroid dienone is 2. The zero-order chi connectivity index (χ0) is 29.6. The minimum Gasteiger partial charge on any atom is -0.494 e. The molecule has 218 valence electrons. The van der Waals surface area contributed by atoms with Crippen molar-refractivity contribution < 1.29 is 14.0 Å². The van der Waals surface area contributed by atoms with Gasteiger partial charge in [0.2, 0.25) is 0 Å². The van der Waals surface area contributed by atoms with Gasteiger partial charge in [-0.05, 0) is 79.5 Å². The first-order chi connectivity index (χ1) is 20.5. The maximum absolute atomic E-state index is 6.05. The molecule has 0 aliphatic heterocycles. The molecule has 42 heavy (non-hydrogen) atoms. The molecule has 0 saturated heterocycles. The van der Waals surface area contributed by atoms with E-state index in [4.69, 9.17) is 9.47 Å². The first-order valence-corrected chi connectivity index (χ1v) is 15.0. The summed E-state index contributed by atoms with van der Waals surface area (Å²) in [4.78, 5) is 2.11. The molecule has 0 aliphatic rings. The summed E-state index contributed by atoms with van der Waals surface area (Å²) in [5.41, 5.74) is 7.38. The minimum absolute atomic E-state index is 0.559. The number of nitrogens with zero attached hydrogens (tertiary/aromatic N) is 2. The second-order valence-corrected chi connectivity index (χ2v) is 11.0. The third kappa shape index (κ3) is 10.3. The second kappa shape index (κ2) is 16.2. The number of unbranched alkanes of at least 4 members (excludes halogenated alkanes) is 2. The molecule has 0 aliphatic carbocycles. The van der Waals surface area contributed by atoms with Gasteiger partial charge in [-0.2, -0.15) is 0 Å². The van der Waals surface area contributed by atoms with E-state index in [0.717, 1.165) is 74.3 Å². The number of aromatic nitrogens is 1. The number of anilines is 1. The topological polar surface area (TPSA) is 25.6 Å². The van der Waals surface area contributed by atoms with Crippen LogP contribution in [0.2, 0.25) is 0 Å². The Labute approximate surface area is 252 Å². The Balaban J connectivity index is 1.14. The average molecular weight is 562 g/mol. The van der Waals surface area contributed by atoms with E-state index in [1.165, 1.54) is 22.4 Å². The maximum Gasteiger partial charge on any atom is 0.173 e. The highest BCUT2D eigenvalue weighted by molar-refractivity contribution is 5.41. The highest BCUT2D eigenvalue weighted by atomic mass is 16.5. The average Bonchev–Trinajstić information content (AvgIpc) is 3.02. The van der Waals surface area contributed by atoms with Crippen molar-refractivity contribution in [1.29, 1.82) is 0 Å². The smallest absolute Gasteiger partial charge is 0.173 e. The largest absolute Gasteiger partial charge is 0.494 e. The van der Waals surface area contributed by atoms with Gasteiger partial charge in [0.1, 0.15) is 18.1 Å². The quantitative estimate of drug-likeness (QED) is 0.0739. The molecule has 0 radical (unpaired) electrons. The van der Waals surface area contributed by atoms with Gasteiger partial charge in [-0.25, -0.2) is 4.57 Å². The van der Waals surface area contributed by atoms with E-state index in [-0.39, 0.29) is 0 Å². The summed E-state index contributed by atoms with van der Waals surface area (Å²) in [6.45, 7) is 9.88. The van der Waals surface area contributed by atoms with E-state index < -0.39 is 0 Å². The molecule has 0 N–H and O–H groups in total. The Kier molecular flexibility index (Phi) is 11.8. The minimum atomic E-state index is 0.559. The summed E-state index contributed by atoms with van der Waals surface area (Å²) in [6.07, 6.45) is 12.4. The highest BCUT2D eigenvalue weighted by Gasteiger charge is 2.05. The SMILES string of the molecule is C=CC(=C)CCCCCOc1ccc(CCc2ccc(OCc3ccc(C[n+]4ccc(N(C)C)cc4)cc3)cc2)cc1. The molecule has 4 heteroatoms. The fourth-order valence-electron chi connectivity index (χ4n) is 4.69. The third-order valence-electron chi connectivity index (χ3n) is 7.43. The first kappa shape index (κ1) is 30.6. The van der Waals surface area contributed by atoms with Crippen LogP contribution in [0, 0.1) is 0 Å². The monoisotopic (exact) mass is 561 g/mol. The van der Waals surface area contributed by atoms with Crippen molar-refractivity contribution in [1.82, 2.24) is 0 Å². The van der Waals surface area contributed by atoms with Gasteiger partial charge >= 0.3 is 0 Å². The van der Waals surface area contributed by atoms with Crippen LogP contribution in [0.1, 0.15) is 47.9 Å². The van der Waals surface area contributed by atoms with Crippen LogP contribution in [0.15, 0.2) is 122 Å². The van der Waals surface area contributed by atoms with E-state index in [1.807, 2.05) is 6.08 Å². The summed E-state index contributed by atoms with van der Waals surface area (Å²) >= 11 is 0. The number of hydrogen-bond acceptors (Lipinski definition) is 3. The van der Waals surface area contributed by atoms with Crippen molar-refractivity contribution in [2.75, 3.05) is 25.6 Å². The van der Waals surface area contributed by atoms with E-state index >= 15 is 0 Å². The Morgan fingerprint density at radius 1 is 0.690 bits per heavy atom. The predicted molar refractivity (Wildman–Crippen MR) is 174 cm³/mol. The van der Waals surface area contributed by atoms with Crippen LogP contribution in [0.4, 0.5) is 5.69 Å². The number of rotatable bonds is 17. The van der Waals surface area contributed by atoms with Crippen LogP contribution < -0.4 is 18.9 Å². The van der Waals surface area contributed by atoms with E-state index in [9.17, 15) is 0 Å². The predicted octanol–water partition coefficient (Wildman–Crippen LogP) is 8.13. The van der Waals surface area contributed by atoms with E-state index in [2.05, 4.69) is 134 Å². The standard InChI is InChI=1S/C38H45N2O2/c1-5-31(2)9-7-6-8-28-41-37-20-16-32(17-21-37)10-11-33-18-22-38(23-19-33)42-30-35-14-12-34(13-15-35)29-40-26-24-36(25-27-40)39(3)4/h5,12-27H,1-2,6-11,28-30H2,3-4H3/q+1. The number of pyridine rings is 1. The molecule has 0 bridgehead atoms. The zero-order valence-corrected chi connectivity index (χ0v) is 25.3. The molecule has 1 heterocycles. The summed E-state index contributed by atoms with van der Waals surface area (Å²) < 4.78 is 14.2. The van der Waals surface area contributed by atoms with Gasteiger partial charge < -0.3 is 14.4 Å². The van der Waals surface area contributed by atoms with Crippen LogP contribution in [0.25, 0.3) is 0 Å². The lowest BCUT2D eigenvalue weighted by molar-refractivity contribution is -0.688. The molecule has 1 aromatic heterocycles. The van der Waals surface area contributed by atoms with E-state index in [1.54, 1.807) is 0 Å². The van der Waals surface area contributed by atoms with Crippen molar-refractivity contribution in [2.45, 2.75) is 51.7 Å². The fraction of sp³-hybridized carbons (Fsp3) is 0.289. The van der Waals surface area contributed by atoms with Gasteiger partial charge in [-0.15, -0.1) is 0 Å². The molecule has 0 amide bonds. The molecular weight excluding hydrogens is 516 g/mol. The molecule has 4 aromatic rings. The van der Waals surface area contributed by atoms with Gasteiger partial charge in [0.05, 0.1) is 6.61 Å². The Morgan fingerprint density at radius 2 is 1.24 bits per heavy atom. The molecule has 4 nitrogen and oxygen atoms in total. The summed E-state index contributed by atoms with van der Waals surface area (Å²) in [7, 11) is 4.11. The van der Waals surface area contributed by atoms with Crippen LogP contribution in [-0.4, -0.2) is 20.7 Å². The Hall–Kier alpha value is -4.31. The molecular formula is C38H45N2O2+. The lowest BCUT2D eigenvalue weighted by Crippen LogP contribution is -2.33. The van der Waals surface area contributed by atoms with Gasteiger partial charge in [-0.3, -0.25) is 0 Å². The third-order valence-corrected chi connectivity index (χ3v) is 7.43. The van der Waals surface area contributed by atoms with Crippen molar-refractivity contribution in [2.24, 2.45) is 0 Å². The number of aryl methyl sites for hydroxylation is 2. The normalized spacial score (nSPS) is 10.7. The van der Waals surface area contributed by atoms with Crippen molar-refractivity contribution in [3.8, 4) is 11.5 Å². The summed E-state index contributed by atoms with van der Waals surface area (Å²) in [5, 5.41) is 0. The number of hydrogen-bond donors (Lipinski definition) is 0. The molecule has 0 atom stereocenters. The molecule has 0 spiro atoms. The Morgan fingerprint density at radius 3 is 1.81 bits per heavy atom. The van der Waals surface area contributed by atoms with Crippen LogP contribution in [0.3, 0.4) is 0 Å². The highest BCUT2D eigenvalue weighted by Crippen LogP contribution is 2.18. The molecule has 4 rings (SSSR count). The zero-order valence-electron chi connectivity index (χ0n) is 25.3. The second-order valence-electron chi connectivity index (χ2n) is 11.0. The summed E-state index contributed by atoms with van der Waals surface area (Å²) in [5.74, 6) is 1.84. The van der Waals surface area contributed by atoms with Crippen molar-refractivity contribution in [3.63, 3.8) is 0 Å². The maximum atomic E-state index is 6.05. The molecule has 0 fully saturated rings. The lowest BCUT2D eigenvalue weighted by atomic mass is 10.0. The number of ether oxygens (including phenoxy) is 2. The summed E-state index contributed by atoms with van der Waals surface area (Å²) in [6, 6.07) is 29.9. The van der Waals surface area contributed by atoms with E-state index in [0.29, 0.717) is 6.61 Å². The van der Waals surface area contributed by atoms with Crippen LogP contribution >= 0.6 is 0 Å².